The highest BCUT2D eigenvalue weighted by molar-refractivity contribution is 6.31. The number of carbonyl (C=O) groups excluding carboxylic acids is 1. The van der Waals surface area contributed by atoms with Gasteiger partial charge < -0.3 is 0 Å². The van der Waals surface area contributed by atoms with Gasteiger partial charge >= 0.3 is 0 Å². The molecule has 0 saturated carbocycles. The van der Waals surface area contributed by atoms with Crippen molar-refractivity contribution in [2.24, 2.45) is 5.92 Å². The third-order valence-electron chi connectivity index (χ3n) is 1.72. The van der Waals surface area contributed by atoms with E-state index >= 15 is 0 Å². The molecule has 0 amide bonds. The van der Waals surface area contributed by atoms with E-state index in [0.717, 1.165) is 12.1 Å². The molecule has 0 aliphatic carbocycles. The van der Waals surface area contributed by atoms with Crippen molar-refractivity contribution in [2.45, 2.75) is 0 Å². The molecule has 0 aliphatic rings. The highest BCUT2D eigenvalue weighted by Gasteiger charge is 2.19. The SMILES string of the molecule is N#CC(C#N)C(=O)c1ccc(F)c(Cl)c1. The van der Waals surface area contributed by atoms with E-state index in [9.17, 15) is 9.18 Å². The fourth-order valence-electron chi connectivity index (χ4n) is 0.962. The van der Waals surface area contributed by atoms with Gasteiger partial charge in [0.1, 0.15) is 5.82 Å². The Morgan fingerprint density at radius 1 is 1.40 bits per heavy atom. The maximum absolute atomic E-state index is 12.8. The molecule has 0 unspecified atom stereocenters. The average molecular weight is 223 g/mol. The molecule has 5 heteroatoms. The topological polar surface area (TPSA) is 64.7 Å². The summed E-state index contributed by atoms with van der Waals surface area (Å²) in [4.78, 5) is 11.4. The number of Topliss-reactive ketones (excluding diaryl/α,β-unsaturated/α-hetero) is 1. The van der Waals surface area contributed by atoms with E-state index in [1.807, 2.05) is 0 Å². The van der Waals surface area contributed by atoms with E-state index in [4.69, 9.17) is 22.1 Å². The number of nitriles is 2. The second-order valence-electron chi connectivity index (χ2n) is 2.68. The first-order valence-electron chi connectivity index (χ1n) is 3.88. The Hall–Kier alpha value is -1.91. The van der Waals surface area contributed by atoms with Gasteiger partial charge in [0, 0.05) is 5.56 Å². The molecule has 0 fully saturated rings. The van der Waals surface area contributed by atoms with E-state index in [0.29, 0.717) is 0 Å². The van der Waals surface area contributed by atoms with E-state index in [1.165, 1.54) is 18.2 Å². The number of rotatable bonds is 2. The van der Waals surface area contributed by atoms with Crippen molar-refractivity contribution in [2.75, 3.05) is 0 Å². The molecule has 0 atom stereocenters. The van der Waals surface area contributed by atoms with Gasteiger partial charge in [0.25, 0.3) is 0 Å². The standard InChI is InChI=1S/C10H4ClFN2O/c11-8-3-6(1-2-9(8)12)10(15)7(4-13)5-14/h1-3,7H. The zero-order chi connectivity index (χ0) is 11.4. The number of benzene rings is 1. The third kappa shape index (κ3) is 2.31. The third-order valence-corrected chi connectivity index (χ3v) is 2.01. The molecule has 1 rings (SSSR count). The fourth-order valence-corrected chi connectivity index (χ4v) is 1.14. The van der Waals surface area contributed by atoms with Crippen molar-refractivity contribution in [1.82, 2.24) is 0 Å². The van der Waals surface area contributed by atoms with Crippen molar-refractivity contribution < 1.29 is 9.18 Å². The van der Waals surface area contributed by atoms with Crippen LogP contribution in [0.1, 0.15) is 10.4 Å². The van der Waals surface area contributed by atoms with Gasteiger partial charge in [-0.05, 0) is 18.2 Å². The molecule has 1 aromatic carbocycles. The first-order valence-corrected chi connectivity index (χ1v) is 4.26. The quantitative estimate of drug-likeness (QED) is 0.722. The predicted molar refractivity (Wildman–Crippen MR) is 50.5 cm³/mol. The lowest BCUT2D eigenvalue weighted by atomic mass is 10.0. The van der Waals surface area contributed by atoms with Crippen LogP contribution in [0.4, 0.5) is 4.39 Å². The smallest absolute Gasteiger partial charge is 0.195 e. The van der Waals surface area contributed by atoms with E-state index < -0.39 is 17.5 Å². The molecule has 0 spiro atoms. The number of halogens is 2. The predicted octanol–water partition coefficient (Wildman–Crippen LogP) is 2.33. The van der Waals surface area contributed by atoms with E-state index in [2.05, 4.69) is 0 Å². The van der Waals surface area contributed by atoms with Gasteiger partial charge in [-0.3, -0.25) is 4.79 Å². The Balaban J connectivity index is 3.09. The summed E-state index contributed by atoms with van der Waals surface area (Å²) in [5, 5.41) is 16.7. The monoisotopic (exact) mass is 222 g/mol. The Kier molecular flexibility index (Phi) is 3.38. The summed E-state index contributed by atoms with van der Waals surface area (Å²) in [6.45, 7) is 0. The Morgan fingerprint density at radius 2 is 2.00 bits per heavy atom. The normalized spacial score (nSPS) is 9.40. The van der Waals surface area contributed by atoms with Crippen LogP contribution >= 0.6 is 11.6 Å². The highest BCUT2D eigenvalue weighted by Crippen LogP contribution is 2.18. The first-order chi connectivity index (χ1) is 7.10. The summed E-state index contributed by atoms with van der Waals surface area (Å²) in [6, 6.07) is 6.37. The molecular weight excluding hydrogens is 219 g/mol. The second-order valence-corrected chi connectivity index (χ2v) is 3.09. The van der Waals surface area contributed by atoms with Gasteiger partial charge in [0.05, 0.1) is 17.2 Å². The number of hydrogen-bond donors (Lipinski definition) is 0. The van der Waals surface area contributed by atoms with Crippen LogP contribution in [0.2, 0.25) is 5.02 Å². The zero-order valence-electron chi connectivity index (χ0n) is 7.37. The van der Waals surface area contributed by atoms with Crippen LogP contribution in [-0.2, 0) is 0 Å². The summed E-state index contributed by atoms with van der Waals surface area (Å²) < 4.78 is 12.8. The minimum absolute atomic E-state index is 0.0505. The summed E-state index contributed by atoms with van der Waals surface area (Å²) in [7, 11) is 0. The molecule has 15 heavy (non-hydrogen) atoms. The summed E-state index contributed by atoms with van der Waals surface area (Å²) in [5.74, 6) is -2.72. The molecule has 0 N–H and O–H groups in total. The van der Waals surface area contributed by atoms with Gasteiger partial charge in [0.2, 0.25) is 0 Å². The summed E-state index contributed by atoms with van der Waals surface area (Å²) >= 11 is 5.46. The molecule has 0 saturated heterocycles. The van der Waals surface area contributed by atoms with Gasteiger partial charge in [-0.2, -0.15) is 10.5 Å². The van der Waals surface area contributed by atoms with Crippen LogP contribution in [0, 0.1) is 34.4 Å². The lowest BCUT2D eigenvalue weighted by Gasteiger charge is -2.01. The van der Waals surface area contributed by atoms with Crippen LogP contribution in [-0.4, -0.2) is 5.78 Å². The van der Waals surface area contributed by atoms with E-state index in [-0.39, 0.29) is 10.6 Å². The minimum Gasteiger partial charge on any atom is -0.291 e. The number of carbonyl (C=O) groups is 1. The Labute approximate surface area is 90.3 Å². The lowest BCUT2D eigenvalue weighted by Crippen LogP contribution is -2.10. The summed E-state index contributed by atoms with van der Waals surface area (Å²) in [6.07, 6.45) is 0. The molecule has 0 aliphatic heterocycles. The number of hydrogen-bond acceptors (Lipinski definition) is 3. The Bertz CT molecular complexity index is 473. The Morgan fingerprint density at radius 3 is 2.47 bits per heavy atom. The first kappa shape index (κ1) is 11.2. The zero-order valence-corrected chi connectivity index (χ0v) is 8.12. The van der Waals surface area contributed by atoms with Gasteiger partial charge in [-0.15, -0.1) is 0 Å². The maximum atomic E-state index is 12.8. The minimum atomic E-state index is -1.38. The molecule has 3 nitrogen and oxygen atoms in total. The molecular formula is C10H4ClFN2O. The van der Waals surface area contributed by atoms with Crippen molar-refractivity contribution >= 4 is 17.4 Å². The van der Waals surface area contributed by atoms with E-state index in [1.54, 1.807) is 0 Å². The van der Waals surface area contributed by atoms with Crippen LogP contribution in [0.25, 0.3) is 0 Å². The van der Waals surface area contributed by atoms with Gasteiger partial charge in [0.15, 0.2) is 11.7 Å². The van der Waals surface area contributed by atoms with Crippen LogP contribution in [0.3, 0.4) is 0 Å². The highest BCUT2D eigenvalue weighted by atomic mass is 35.5. The van der Waals surface area contributed by atoms with Crippen molar-refractivity contribution in [3.63, 3.8) is 0 Å². The van der Waals surface area contributed by atoms with Crippen molar-refractivity contribution in [3.05, 3.63) is 34.6 Å². The van der Waals surface area contributed by atoms with Gasteiger partial charge in [-0.25, -0.2) is 4.39 Å². The van der Waals surface area contributed by atoms with Gasteiger partial charge in [-0.1, -0.05) is 11.6 Å². The largest absolute Gasteiger partial charge is 0.291 e. The number of ketones is 1. The van der Waals surface area contributed by atoms with Crippen LogP contribution in [0.5, 0.6) is 0 Å². The van der Waals surface area contributed by atoms with Crippen molar-refractivity contribution in [1.29, 1.82) is 10.5 Å². The average Bonchev–Trinajstić information content (AvgIpc) is 2.23. The fraction of sp³-hybridized carbons (Fsp3) is 0.100. The molecule has 74 valence electrons. The van der Waals surface area contributed by atoms with Crippen LogP contribution in [0.15, 0.2) is 18.2 Å². The maximum Gasteiger partial charge on any atom is 0.195 e. The lowest BCUT2D eigenvalue weighted by molar-refractivity contribution is 0.0971. The number of nitrogens with zero attached hydrogens (tertiary/aromatic N) is 2. The molecule has 0 bridgehead atoms. The summed E-state index contributed by atoms with van der Waals surface area (Å²) in [5.41, 5.74) is 0.0505. The molecule has 0 heterocycles. The molecule has 0 aromatic heterocycles. The van der Waals surface area contributed by atoms with Crippen molar-refractivity contribution in [3.8, 4) is 12.1 Å². The molecule has 0 radical (unpaired) electrons. The molecule has 1 aromatic rings. The second kappa shape index (κ2) is 4.54. The van der Waals surface area contributed by atoms with Crippen LogP contribution < -0.4 is 0 Å².